The SMILES string of the molecule is CCCN1CCC[C@]1(C(=O)N[C@H](C=O)CCCN=C(N)N)C(=O)[C@@H](Cc1ccccc1)NC(=O)OCC. The molecule has 0 radical (unpaired) electrons. The van der Waals surface area contributed by atoms with Crippen LogP contribution in [0.4, 0.5) is 4.79 Å². The van der Waals surface area contributed by atoms with Gasteiger partial charge in [-0.1, -0.05) is 37.3 Å². The van der Waals surface area contributed by atoms with E-state index < -0.39 is 35.4 Å². The van der Waals surface area contributed by atoms with Crippen molar-refractivity contribution in [2.24, 2.45) is 16.5 Å². The Morgan fingerprint density at radius 1 is 1.19 bits per heavy atom. The number of carbonyl (C=O) groups is 4. The van der Waals surface area contributed by atoms with Gasteiger partial charge in [0.05, 0.1) is 18.7 Å². The van der Waals surface area contributed by atoms with E-state index in [2.05, 4.69) is 15.6 Å². The molecule has 0 bridgehead atoms. The fourth-order valence-electron chi connectivity index (χ4n) is 4.74. The summed E-state index contributed by atoms with van der Waals surface area (Å²) in [5, 5.41) is 5.46. The Balaban J connectivity index is 2.36. The molecule has 1 heterocycles. The second-order valence-corrected chi connectivity index (χ2v) is 9.09. The molecule has 1 saturated heterocycles. The maximum atomic E-state index is 14.2. The molecule has 204 valence electrons. The number of guanidine groups is 1. The highest BCUT2D eigenvalue weighted by Gasteiger charge is 2.55. The van der Waals surface area contributed by atoms with Gasteiger partial charge in [0.25, 0.3) is 0 Å². The first-order chi connectivity index (χ1) is 17.8. The quantitative estimate of drug-likeness (QED) is 0.0876. The van der Waals surface area contributed by atoms with Crippen LogP contribution in [0.15, 0.2) is 35.3 Å². The van der Waals surface area contributed by atoms with Crippen LogP contribution in [0.3, 0.4) is 0 Å². The molecule has 0 aromatic heterocycles. The third-order valence-electron chi connectivity index (χ3n) is 6.40. The highest BCUT2D eigenvalue weighted by Crippen LogP contribution is 2.33. The minimum Gasteiger partial charge on any atom is -0.450 e. The summed E-state index contributed by atoms with van der Waals surface area (Å²) in [6.45, 7) is 5.19. The number of likely N-dealkylation sites (tertiary alicyclic amines) is 1. The molecule has 0 spiro atoms. The van der Waals surface area contributed by atoms with Crippen LogP contribution in [-0.4, -0.2) is 78.8 Å². The van der Waals surface area contributed by atoms with Gasteiger partial charge in [0.1, 0.15) is 6.29 Å². The summed E-state index contributed by atoms with van der Waals surface area (Å²) in [4.78, 5) is 58.0. The number of rotatable bonds is 15. The van der Waals surface area contributed by atoms with Gasteiger partial charge < -0.3 is 31.6 Å². The van der Waals surface area contributed by atoms with Crippen molar-refractivity contribution >= 4 is 30.0 Å². The molecule has 1 aliphatic rings. The summed E-state index contributed by atoms with van der Waals surface area (Å²) in [7, 11) is 0. The van der Waals surface area contributed by atoms with E-state index in [4.69, 9.17) is 16.2 Å². The van der Waals surface area contributed by atoms with Crippen molar-refractivity contribution in [3.63, 3.8) is 0 Å². The van der Waals surface area contributed by atoms with Crippen LogP contribution in [-0.2, 0) is 25.5 Å². The van der Waals surface area contributed by atoms with Gasteiger partial charge in [-0.15, -0.1) is 0 Å². The zero-order valence-electron chi connectivity index (χ0n) is 21.8. The first-order valence-electron chi connectivity index (χ1n) is 12.9. The first-order valence-corrected chi connectivity index (χ1v) is 12.9. The number of ketones is 1. The minimum atomic E-state index is -1.52. The molecule has 1 aliphatic heterocycles. The monoisotopic (exact) mass is 516 g/mol. The van der Waals surface area contributed by atoms with E-state index >= 15 is 0 Å². The number of hydrogen-bond acceptors (Lipinski definition) is 7. The molecule has 37 heavy (non-hydrogen) atoms. The molecule has 1 aromatic rings. The fraction of sp³-hybridized carbons (Fsp3) is 0.577. The van der Waals surface area contributed by atoms with E-state index in [1.165, 1.54) is 0 Å². The normalized spacial score (nSPS) is 18.9. The van der Waals surface area contributed by atoms with Gasteiger partial charge in [-0.05, 0) is 64.1 Å². The third kappa shape index (κ3) is 8.28. The van der Waals surface area contributed by atoms with E-state index in [1.54, 1.807) is 6.92 Å². The largest absolute Gasteiger partial charge is 0.450 e. The smallest absolute Gasteiger partial charge is 0.407 e. The van der Waals surface area contributed by atoms with Crippen molar-refractivity contribution in [2.45, 2.75) is 70.0 Å². The minimum absolute atomic E-state index is 0.0454. The number of alkyl carbamates (subject to hydrolysis) is 1. The molecular weight excluding hydrogens is 476 g/mol. The van der Waals surface area contributed by atoms with Crippen molar-refractivity contribution in [3.8, 4) is 0 Å². The van der Waals surface area contributed by atoms with E-state index in [0.29, 0.717) is 45.2 Å². The molecule has 6 N–H and O–H groups in total. The molecule has 0 saturated carbocycles. The van der Waals surface area contributed by atoms with Gasteiger partial charge in [-0.3, -0.25) is 19.5 Å². The second kappa shape index (κ2) is 14.9. The van der Waals surface area contributed by atoms with E-state index in [9.17, 15) is 19.2 Å². The molecule has 2 rings (SSSR count). The van der Waals surface area contributed by atoms with Crippen LogP contribution >= 0.6 is 0 Å². The van der Waals surface area contributed by atoms with E-state index in [-0.39, 0.29) is 25.4 Å². The molecule has 1 aromatic carbocycles. The number of nitrogens with one attached hydrogen (secondary N) is 2. The Hall–Kier alpha value is -3.47. The molecule has 0 aliphatic carbocycles. The average molecular weight is 517 g/mol. The maximum Gasteiger partial charge on any atom is 0.407 e. The number of nitrogens with two attached hydrogens (primary N) is 2. The highest BCUT2D eigenvalue weighted by atomic mass is 16.5. The number of amides is 2. The van der Waals surface area contributed by atoms with Gasteiger partial charge in [-0.2, -0.15) is 0 Å². The van der Waals surface area contributed by atoms with E-state index in [1.807, 2.05) is 42.2 Å². The van der Waals surface area contributed by atoms with Crippen LogP contribution < -0.4 is 22.1 Å². The predicted octanol–water partition coefficient (Wildman–Crippen LogP) is 0.895. The molecular formula is C26H40N6O5. The van der Waals surface area contributed by atoms with Crippen LogP contribution in [0, 0.1) is 0 Å². The Bertz CT molecular complexity index is 937. The van der Waals surface area contributed by atoms with Gasteiger partial charge in [0.15, 0.2) is 17.3 Å². The molecule has 0 unspecified atom stereocenters. The summed E-state index contributed by atoms with van der Waals surface area (Å²) in [5.74, 6) is -1.000. The Labute approximate surface area is 218 Å². The summed E-state index contributed by atoms with van der Waals surface area (Å²) in [5.41, 5.74) is 10.0. The van der Waals surface area contributed by atoms with Crippen molar-refractivity contribution < 1.29 is 23.9 Å². The highest BCUT2D eigenvalue weighted by molar-refractivity contribution is 6.14. The lowest BCUT2D eigenvalue weighted by molar-refractivity contribution is -0.145. The molecule has 3 atom stereocenters. The van der Waals surface area contributed by atoms with Crippen LogP contribution in [0.2, 0.25) is 0 Å². The standard InChI is InChI=1S/C26H40N6O5/c1-3-15-32-16-9-13-26(32,23(35)30-20(18-33)12-8-14-29-24(27)28)22(34)21(31-25(36)37-4-2)17-19-10-6-5-7-11-19/h5-7,10-11,18,20-21H,3-4,8-9,12-17H2,1-2H3,(H,30,35)(H,31,36)(H4,27,28,29)/t20-,21+,26+/m0/s1. The lowest BCUT2D eigenvalue weighted by Crippen LogP contribution is -2.66. The third-order valence-corrected chi connectivity index (χ3v) is 6.40. The lowest BCUT2D eigenvalue weighted by Gasteiger charge is -2.38. The summed E-state index contributed by atoms with van der Waals surface area (Å²) in [6.07, 6.45) is 2.57. The topological polar surface area (TPSA) is 169 Å². The summed E-state index contributed by atoms with van der Waals surface area (Å²) >= 11 is 0. The van der Waals surface area contributed by atoms with E-state index in [0.717, 1.165) is 12.0 Å². The number of nitrogens with zero attached hydrogens (tertiary/aromatic N) is 2. The zero-order valence-corrected chi connectivity index (χ0v) is 21.8. The van der Waals surface area contributed by atoms with Gasteiger partial charge in [0.2, 0.25) is 5.91 Å². The predicted molar refractivity (Wildman–Crippen MR) is 141 cm³/mol. The Morgan fingerprint density at radius 3 is 2.54 bits per heavy atom. The van der Waals surface area contributed by atoms with Crippen LogP contribution in [0.5, 0.6) is 0 Å². The number of aliphatic imine (C=N–C) groups is 1. The average Bonchev–Trinajstić information content (AvgIpc) is 3.30. The second-order valence-electron chi connectivity index (χ2n) is 9.09. The number of ether oxygens (including phenoxy) is 1. The summed E-state index contributed by atoms with van der Waals surface area (Å²) in [6, 6.07) is 7.47. The molecule has 11 heteroatoms. The van der Waals surface area contributed by atoms with Gasteiger partial charge in [-0.25, -0.2) is 4.79 Å². The Morgan fingerprint density at radius 2 is 1.92 bits per heavy atom. The van der Waals surface area contributed by atoms with Crippen LogP contribution in [0.1, 0.15) is 51.5 Å². The van der Waals surface area contributed by atoms with Crippen LogP contribution in [0.25, 0.3) is 0 Å². The van der Waals surface area contributed by atoms with Gasteiger partial charge >= 0.3 is 6.09 Å². The number of Topliss-reactive ketones (excluding diaryl/α,β-unsaturated/α-hetero) is 1. The van der Waals surface area contributed by atoms with Gasteiger partial charge in [0, 0.05) is 6.54 Å². The number of aldehydes is 1. The van der Waals surface area contributed by atoms with Crippen molar-refractivity contribution in [2.75, 3.05) is 26.2 Å². The molecule has 11 nitrogen and oxygen atoms in total. The fourth-order valence-corrected chi connectivity index (χ4v) is 4.74. The van der Waals surface area contributed by atoms with Crippen molar-refractivity contribution in [3.05, 3.63) is 35.9 Å². The number of carbonyl (C=O) groups excluding carboxylic acids is 4. The molecule has 2 amide bonds. The zero-order chi connectivity index (χ0) is 27.3. The first kappa shape index (κ1) is 29.8. The summed E-state index contributed by atoms with van der Waals surface area (Å²) < 4.78 is 5.05. The number of hydrogen-bond donors (Lipinski definition) is 4. The van der Waals surface area contributed by atoms with Crippen molar-refractivity contribution in [1.82, 2.24) is 15.5 Å². The number of benzene rings is 1. The molecule has 1 fully saturated rings. The maximum absolute atomic E-state index is 14.2. The lowest BCUT2D eigenvalue weighted by atomic mass is 9.83. The Kier molecular flexibility index (Phi) is 12.0. The van der Waals surface area contributed by atoms with Crippen molar-refractivity contribution in [1.29, 1.82) is 0 Å².